The van der Waals surface area contributed by atoms with E-state index < -0.39 is 0 Å². The molecule has 0 aliphatic rings. The smallest absolute Gasteiger partial charge is 0.225 e. The SMILES string of the molecule is O=C(CCSc1ccccn1)Nc1c(Cl)cccc1Cl. The highest BCUT2D eigenvalue weighted by molar-refractivity contribution is 7.99. The lowest BCUT2D eigenvalue weighted by Gasteiger charge is -2.08. The molecule has 2 aromatic rings. The van der Waals surface area contributed by atoms with Crippen molar-refractivity contribution in [2.45, 2.75) is 11.4 Å². The molecule has 1 N–H and O–H groups in total. The van der Waals surface area contributed by atoms with Crippen molar-refractivity contribution in [1.82, 2.24) is 4.98 Å². The topological polar surface area (TPSA) is 42.0 Å². The molecule has 1 aromatic carbocycles. The van der Waals surface area contributed by atoms with Gasteiger partial charge in [-0.2, -0.15) is 0 Å². The summed E-state index contributed by atoms with van der Waals surface area (Å²) in [5, 5.41) is 4.49. The molecular weight excluding hydrogens is 315 g/mol. The molecule has 0 spiro atoms. The van der Waals surface area contributed by atoms with Crippen molar-refractivity contribution in [2.24, 2.45) is 0 Å². The minimum Gasteiger partial charge on any atom is -0.324 e. The Labute approximate surface area is 131 Å². The Hall–Kier alpha value is -1.23. The van der Waals surface area contributed by atoms with Crippen LogP contribution in [0.3, 0.4) is 0 Å². The Morgan fingerprint density at radius 1 is 1.15 bits per heavy atom. The molecule has 0 unspecified atom stereocenters. The van der Waals surface area contributed by atoms with Crippen molar-refractivity contribution in [1.29, 1.82) is 0 Å². The van der Waals surface area contributed by atoms with E-state index in [4.69, 9.17) is 23.2 Å². The average Bonchev–Trinajstić information content (AvgIpc) is 2.44. The zero-order valence-corrected chi connectivity index (χ0v) is 12.8. The second-order valence-electron chi connectivity index (χ2n) is 3.91. The van der Waals surface area contributed by atoms with E-state index in [0.29, 0.717) is 27.9 Å². The van der Waals surface area contributed by atoms with E-state index in [9.17, 15) is 4.79 Å². The number of amides is 1. The van der Waals surface area contributed by atoms with Crippen LogP contribution in [-0.2, 0) is 4.79 Å². The van der Waals surface area contributed by atoms with Gasteiger partial charge in [-0.3, -0.25) is 4.79 Å². The Morgan fingerprint density at radius 3 is 2.55 bits per heavy atom. The minimum absolute atomic E-state index is 0.122. The number of aromatic nitrogens is 1. The third-order valence-corrected chi connectivity index (χ3v) is 4.02. The van der Waals surface area contributed by atoms with Gasteiger partial charge in [0.1, 0.15) is 0 Å². The minimum atomic E-state index is -0.122. The lowest BCUT2D eigenvalue weighted by molar-refractivity contribution is -0.115. The summed E-state index contributed by atoms with van der Waals surface area (Å²) in [7, 11) is 0. The quantitative estimate of drug-likeness (QED) is 0.822. The van der Waals surface area contributed by atoms with Crippen LogP contribution in [0.4, 0.5) is 5.69 Å². The zero-order chi connectivity index (χ0) is 14.4. The Morgan fingerprint density at radius 2 is 1.90 bits per heavy atom. The van der Waals surface area contributed by atoms with Gasteiger partial charge in [0, 0.05) is 18.4 Å². The standard InChI is InChI=1S/C14H12Cl2N2OS/c15-10-4-3-5-11(16)14(10)18-12(19)7-9-20-13-6-1-2-8-17-13/h1-6,8H,7,9H2,(H,18,19). The number of hydrogen-bond acceptors (Lipinski definition) is 3. The van der Waals surface area contributed by atoms with Crippen LogP contribution in [0, 0.1) is 0 Å². The molecule has 0 fully saturated rings. The first kappa shape index (κ1) is 15.2. The number of carbonyl (C=O) groups is 1. The number of carbonyl (C=O) groups excluding carboxylic acids is 1. The summed E-state index contributed by atoms with van der Waals surface area (Å²) in [5.41, 5.74) is 0.462. The van der Waals surface area contributed by atoms with Crippen LogP contribution in [0.2, 0.25) is 10.0 Å². The number of thioether (sulfide) groups is 1. The van der Waals surface area contributed by atoms with Gasteiger partial charge in [-0.05, 0) is 24.3 Å². The molecule has 0 saturated heterocycles. The number of hydrogen-bond donors (Lipinski definition) is 1. The van der Waals surface area contributed by atoms with Gasteiger partial charge in [-0.15, -0.1) is 11.8 Å². The summed E-state index contributed by atoms with van der Waals surface area (Å²) < 4.78 is 0. The van der Waals surface area contributed by atoms with E-state index in [2.05, 4.69) is 10.3 Å². The number of anilines is 1. The predicted molar refractivity (Wildman–Crippen MR) is 84.7 cm³/mol. The van der Waals surface area contributed by atoms with Crippen molar-refractivity contribution in [3.63, 3.8) is 0 Å². The maximum atomic E-state index is 11.8. The molecule has 0 radical (unpaired) electrons. The second-order valence-corrected chi connectivity index (χ2v) is 5.84. The fourth-order valence-corrected chi connectivity index (χ4v) is 2.80. The molecule has 0 aliphatic heterocycles. The van der Waals surface area contributed by atoms with Crippen molar-refractivity contribution >= 4 is 46.6 Å². The molecule has 20 heavy (non-hydrogen) atoms. The van der Waals surface area contributed by atoms with Crippen LogP contribution in [0.15, 0.2) is 47.6 Å². The van der Waals surface area contributed by atoms with E-state index in [1.54, 1.807) is 24.4 Å². The summed E-state index contributed by atoms with van der Waals surface area (Å²) >= 11 is 13.5. The van der Waals surface area contributed by atoms with E-state index in [0.717, 1.165) is 5.03 Å². The molecule has 1 heterocycles. The van der Waals surface area contributed by atoms with Gasteiger partial charge in [0.2, 0.25) is 5.91 Å². The van der Waals surface area contributed by atoms with Crippen LogP contribution in [0.5, 0.6) is 0 Å². The molecule has 0 aliphatic carbocycles. The van der Waals surface area contributed by atoms with Gasteiger partial charge < -0.3 is 5.32 Å². The van der Waals surface area contributed by atoms with Gasteiger partial charge in [0.25, 0.3) is 0 Å². The van der Waals surface area contributed by atoms with Gasteiger partial charge in [-0.25, -0.2) is 4.98 Å². The molecule has 0 bridgehead atoms. The molecule has 0 atom stereocenters. The molecule has 104 valence electrons. The van der Waals surface area contributed by atoms with Crippen molar-refractivity contribution < 1.29 is 4.79 Å². The average molecular weight is 327 g/mol. The van der Waals surface area contributed by atoms with Crippen molar-refractivity contribution in [3.8, 4) is 0 Å². The lowest BCUT2D eigenvalue weighted by Crippen LogP contribution is -2.12. The number of para-hydroxylation sites is 1. The number of benzene rings is 1. The lowest BCUT2D eigenvalue weighted by atomic mass is 10.3. The Kier molecular flexibility index (Phi) is 5.71. The number of nitrogens with zero attached hydrogens (tertiary/aromatic N) is 1. The Bertz CT molecular complexity index is 573. The van der Waals surface area contributed by atoms with Gasteiger partial charge in [0.05, 0.1) is 20.8 Å². The predicted octanol–water partition coefficient (Wildman–Crippen LogP) is 4.51. The highest BCUT2D eigenvalue weighted by atomic mass is 35.5. The van der Waals surface area contributed by atoms with Crippen LogP contribution in [0.25, 0.3) is 0 Å². The van der Waals surface area contributed by atoms with Gasteiger partial charge >= 0.3 is 0 Å². The molecular formula is C14H12Cl2N2OS. The summed E-state index contributed by atoms with van der Waals surface area (Å²) in [6.07, 6.45) is 2.09. The molecule has 3 nitrogen and oxygen atoms in total. The maximum Gasteiger partial charge on any atom is 0.225 e. The third kappa shape index (κ3) is 4.40. The van der Waals surface area contributed by atoms with Gasteiger partial charge in [-0.1, -0.05) is 35.3 Å². The first-order valence-electron chi connectivity index (χ1n) is 5.94. The number of rotatable bonds is 5. The van der Waals surface area contributed by atoms with Crippen molar-refractivity contribution in [3.05, 3.63) is 52.6 Å². The number of nitrogens with one attached hydrogen (secondary N) is 1. The highest BCUT2D eigenvalue weighted by Gasteiger charge is 2.09. The third-order valence-electron chi connectivity index (χ3n) is 2.44. The summed E-state index contributed by atoms with van der Waals surface area (Å²) in [6, 6.07) is 10.8. The van der Waals surface area contributed by atoms with Crippen molar-refractivity contribution in [2.75, 3.05) is 11.1 Å². The van der Waals surface area contributed by atoms with Crippen LogP contribution >= 0.6 is 35.0 Å². The van der Waals surface area contributed by atoms with Gasteiger partial charge in [0.15, 0.2) is 0 Å². The zero-order valence-electron chi connectivity index (χ0n) is 10.5. The van der Waals surface area contributed by atoms with Crippen LogP contribution < -0.4 is 5.32 Å². The molecule has 6 heteroatoms. The summed E-state index contributed by atoms with van der Waals surface area (Å²) in [4.78, 5) is 16.0. The Balaban J connectivity index is 1.84. The first-order chi connectivity index (χ1) is 9.66. The second kappa shape index (κ2) is 7.53. The monoisotopic (exact) mass is 326 g/mol. The molecule has 2 rings (SSSR count). The number of halogens is 2. The fourth-order valence-electron chi connectivity index (χ4n) is 1.50. The maximum absolute atomic E-state index is 11.8. The number of pyridine rings is 1. The highest BCUT2D eigenvalue weighted by Crippen LogP contribution is 2.30. The summed E-state index contributed by atoms with van der Waals surface area (Å²) in [6.45, 7) is 0. The van der Waals surface area contributed by atoms with E-state index in [1.165, 1.54) is 11.8 Å². The van der Waals surface area contributed by atoms with Crippen LogP contribution in [-0.4, -0.2) is 16.6 Å². The van der Waals surface area contributed by atoms with E-state index in [1.807, 2.05) is 18.2 Å². The van der Waals surface area contributed by atoms with Crippen LogP contribution in [0.1, 0.15) is 6.42 Å². The summed E-state index contributed by atoms with van der Waals surface area (Å²) in [5.74, 6) is 0.522. The molecule has 1 amide bonds. The molecule has 1 aromatic heterocycles. The normalized spacial score (nSPS) is 10.3. The fraction of sp³-hybridized carbons (Fsp3) is 0.143. The van der Waals surface area contributed by atoms with E-state index in [-0.39, 0.29) is 5.91 Å². The largest absolute Gasteiger partial charge is 0.324 e. The van der Waals surface area contributed by atoms with E-state index >= 15 is 0 Å². The molecule has 0 saturated carbocycles. The first-order valence-corrected chi connectivity index (χ1v) is 7.68.